The number of pyridine rings is 1. The van der Waals surface area contributed by atoms with Gasteiger partial charge in [-0.25, -0.2) is 9.78 Å². The summed E-state index contributed by atoms with van der Waals surface area (Å²) in [6.45, 7) is 9.61. The van der Waals surface area contributed by atoms with Crippen molar-refractivity contribution in [2.24, 2.45) is 0 Å². The minimum Gasteiger partial charge on any atom is -0.480 e. The molecule has 7 nitrogen and oxygen atoms in total. The van der Waals surface area contributed by atoms with Gasteiger partial charge in [-0.15, -0.1) is 11.3 Å². The molecule has 8 heteroatoms. The zero-order valence-electron chi connectivity index (χ0n) is 19.3. The molecule has 32 heavy (non-hydrogen) atoms. The quantitative estimate of drug-likeness (QED) is 0.387. The summed E-state index contributed by atoms with van der Waals surface area (Å²) >= 11 is 1.67. The van der Waals surface area contributed by atoms with Crippen molar-refractivity contribution in [3.63, 3.8) is 0 Å². The number of hydrogen-bond acceptors (Lipinski definition) is 7. The Balaban J connectivity index is 1.84. The van der Waals surface area contributed by atoms with E-state index in [0.717, 1.165) is 29.1 Å². The van der Waals surface area contributed by atoms with Gasteiger partial charge in [-0.05, 0) is 56.9 Å². The molecule has 0 aromatic carbocycles. The summed E-state index contributed by atoms with van der Waals surface area (Å²) in [6, 6.07) is 3.78. The number of esters is 1. The van der Waals surface area contributed by atoms with E-state index in [-0.39, 0.29) is 17.0 Å². The molecule has 3 heterocycles. The molecule has 0 N–H and O–H groups in total. The lowest BCUT2D eigenvalue weighted by atomic mass is 10.1. The lowest BCUT2D eigenvalue weighted by molar-refractivity contribution is -0.148. The van der Waals surface area contributed by atoms with Crippen LogP contribution in [0.5, 0.6) is 5.88 Å². The summed E-state index contributed by atoms with van der Waals surface area (Å²) in [7, 11) is 1.45. The molecule has 0 aliphatic carbocycles. The number of carbonyl (C=O) groups is 1. The van der Waals surface area contributed by atoms with Crippen molar-refractivity contribution < 1.29 is 14.3 Å². The number of aryl methyl sites for hydroxylation is 2. The molecule has 0 atom stereocenters. The fraction of sp³-hybridized carbons (Fsp3) is 0.417. The molecule has 0 fully saturated rings. The third kappa shape index (κ3) is 5.82. The largest absolute Gasteiger partial charge is 0.480 e. The number of hydrogen-bond donors (Lipinski definition) is 0. The Kier molecular flexibility index (Phi) is 7.13. The van der Waals surface area contributed by atoms with E-state index in [4.69, 9.17) is 9.47 Å². The Bertz CT molecular complexity index is 1200. The van der Waals surface area contributed by atoms with Gasteiger partial charge >= 0.3 is 5.97 Å². The number of thiazole rings is 1. The number of fused-ring (bicyclic) bond motifs is 1. The van der Waals surface area contributed by atoms with E-state index in [2.05, 4.69) is 29.2 Å². The highest BCUT2D eigenvalue weighted by atomic mass is 32.1. The predicted molar refractivity (Wildman–Crippen MR) is 127 cm³/mol. The number of rotatable bonds is 7. The van der Waals surface area contributed by atoms with Crippen LogP contribution in [0.15, 0.2) is 34.6 Å². The van der Waals surface area contributed by atoms with Gasteiger partial charge in [0.15, 0.2) is 0 Å². The maximum atomic E-state index is 13.0. The molecule has 170 valence electrons. The zero-order chi connectivity index (χ0) is 23.5. The van der Waals surface area contributed by atoms with E-state index in [1.165, 1.54) is 23.7 Å². The fourth-order valence-corrected chi connectivity index (χ4v) is 4.03. The minimum atomic E-state index is -0.617. The van der Waals surface area contributed by atoms with Crippen LogP contribution < -0.4 is 10.3 Å². The third-order valence-electron chi connectivity index (χ3n) is 4.67. The van der Waals surface area contributed by atoms with Crippen molar-refractivity contribution in [1.29, 1.82) is 0 Å². The lowest BCUT2D eigenvalue weighted by Gasteiger charge is -2.17. The first-order chi connectivity index (χ1) is 15.1. The molecule has 0 amide bonds. The van der Waals surface area contributed by atoms with Crippen molar-refractivity contribution >= 4 is 29.0 Å². The monoisotopic (exact) mass is 455 g/mol. The second-order valence-electron chi connectivity index (χ2n) is 8.79. The predicted octanol–water partition coefficient (Wildman–Crippen LogP) is 4.42. The van der Waals surface area contributed by atoms with Gasteiger partial charge in [0, 0.05) is 24.1 Å². The number of carbonyl (C=O) groups excluding carboxylic acids is 1. The minimum absolute atomic E-state index is 0.161. The van der Waals surface area contributed by atoms with Crippen LogP contribution in [-0.4, -0.2) is 33.0 Å². The van der Waals surface area contributed by atoms with Crippen molar-refractivity contribution in [3.05, 3.63) is 62.0 Å². The molecule has 0 radical (unpaired) electrons. The normalized spacial score (nSPS) is 12.1. The fourth-order valence-electron chi connectivity index (χ4n) is 3.07. The van der Waals surface area contributed by atoms with Gasteiger partial charge < -0.3 is 9.47 Å². The Morgan fingerprint density at radius 3 is 2.62 bits per heavy atom. The Morgan fingerprint density at radius 2 is 2.00 bits per heavy atom. The van der Waals surface area contributed by atoms with E-state index in [9.17, 15) is 9.59 Å². The average Bonchev–Trinajstić information content (AvgIpc) is 3.19. The molecule has 3 aromatic heterocycles. The molecule has 0 saturated heterocycles. The van der Waals surface area contributed by atoms with Gasteiger partial charge in [0.05, 0.1) is 17.8 Å². The van der Waals surface area contributed by atoms with Crippen LogP contribution in [0.1, 0.15) is 62.4 Å². The number of methoxy groups -OCH3 is 1. The summed E-state index contributed by atoms with van der Waals surface area (Å²) in [5.41, 5.74) is 1.91. The van der Waals surface area contributed by atoms with Crippen molar-refractivity contribution in [2.45, 2.75) is 59.0 Å². The van der Waals surface area contributed by atoms with E-state index < -0.39 is 11.6 Å². The second kappa shape index (κ2) is 9.65. The summed E-state index contributed by atoms with van der Waals surface area (Å²) in [5.74, 6) is 0.0402. The molecule has 0 unspecified atom stereocenters. The molecule has 0 aliphatic heterocycles. The van der Waals surface area contributed by atoms with Gasteiger partial charge in [0.2, 0.25) is 5.88 Å². The van der Waals surface area contributed by atoms with Gasteiger partial charge in [0.1, 0.15) is 16.8 Å². The van der Waals surface area contributed by atoms with Crippen molar-refractivity contribution in [1.82, 2.24) is 14.4 Å². The number of ether oxygens (including phenoxy) is 2. The molecular weight excluding hydrogens is 426 g/mol. The summed E-state index contributed by atoms with van der Waals surface area (Å²) in [4.78, 5) is 34.1. The molecule has 0 aliphatic rings. The first kappa shape index (κ1) is 23.7. The highest BCUT2D eigenvalue weighted by Gasteiger charge is 2.16. The van der Waals surface area contributed by atoms with Gasteiger partial charge in [-0.1, -0.05) is 13.8 Å². The highest BCUT2D eigenvalue weighted by Crippen LogP contribution is 2.20. The van der Waals surface area contributed by atoms with Crippen LogP contribution >= 0.6 is 11.3 Å². The first-order valence-corrected chi connectivity index (χ1v) is 11.4. The number of nitrogens with zero attached hydrogens (tertiary/aromatic N) is 3. The van der Waals surface area contributed by atoms with E-state index in [0.29, 0.717) is 11.6 Å². The van der Waals surface area contributed by atoms with Gasteiger partial charge in [-0.3, -0.25) is 9.20 Å². The van der Waals surface area contributed by atoms with Crippen LogP contribution in [0, 0.1) is 0 Å². The molecule has 3 rings (SSSR count). The van der Waals surface area contributed by atoms with Gasteiger partial charge in [-0.2, -0.15) is 4.98 Å². The summed E-state index contributed by atoms with van der Waals surface area (Å²) in [6.07, 6.45) is 5.92. The van der Waals surface area contributed by atoms with Crippen molar-refractivity contribution in [2.75, 3.05) is 7.11 Å². The molecule has 3 aromatic rings. The summed E-state index contributed by atoms with van der Waals surface area (Å²) < 4.78 is 12.0. The third-order valence-corrected chi connectivity index (χ3v) is 5.60. The Morgan fingerprint density at radius 1 is 1.25 bits per heavy atom. The second-order valence-corrected chi connectivity index (χ2v) is 9.73. The zero-order valence-corrected chi connectivity index (χ0v) is 20.2. The Labute approximate surface area is 191 Å². The van der Waals surface area contributed by atoms with Crippen LogP contribution in [0.3, 0.4) is 0 Å². The SMILES string of the molecule is COc1nc2cc(CCc3nc(C(C)C)cs3)ccn2c(=O)c1C=CC(=O)OC(C)(C)C. The maximum absolute atomic E-state index is 13.0. The molecule has 0 bridgehead atoms. The number of aromatic nitrogens is 3. The molecule has 0 spiro atoms. The topological polar surface area (TPSA) is 82.8 Å². The van der Waals surface area contributed by atoms with E-state index in [1.807, 2.05) is 12.1 Å². The van der Waals surface area contributed by atoms with Crippen LogP contribution in [0.2, 0.25) is 0 Å². The van der Waals surface area contributed by atoms with Crippen LogP contribution in [-0.2, 0) is 22.4 Å². The Hall–Kier alpha value is -3.00. The maximum Gasteiger partial charge on any atom is 0.331 e. The molecular formula is C24H29N3O4S. The van der Waals surface area contributed by atoms with Gasteiger partial charge in [0.25, 0.3) is 5.56 Å². The average molecular weight is 456 g/mol. The van der Waals surface area contributed by atoms with E-state index in [1.54, 1.807) is 38.3 Å². The summed E-state index contributed by atoms with van der Waals surface area (Å²) in [5, 5.41) is 3.21. The lowest BCUT2D eigenvalue weighted by Crippen LogP contribution is -2.23. The van der Waals surface area contributed by atoms with Crippen LogP contribution in [0.4, 0.5) is 0 Å². The highest BCUT2D eigenvalue weighted by molar-refractivity contribution is 7.09. The smallest absolute Gasteiger partial charge is 0.331 e. The standard InChI is InChI=1S/C24H29N3O4S/c1-15(2)18-14-32-20(25-18)9-7-16-11-12-27-19(13-16)26-22(30-6)17(23(27)29)8-10-21(28)31-24(3,4)5/h8,10-15H,7,9H2,1-6H3. The van der Waals surface area contributed by atoms with Crippen molar-refractivity contribution in [3.8, 4) is 5.88 Å². The van der Waals surface area contributed by atoms with E-state index >= 15 is 0 Å². The molecule has 0 saturated carbocycles. The first-order valence-electron chi connectivity index (χ1n) is 10.5. The van der Waals surface area contributed by atoms with Crippen LogP contribution in [0.25, 0.3) is 11.7 Å².